The minimum atomic E-state index is 0.508. The third-order valence-corrected chi connectivity index (χ3v) is 3.80. The van der Waals surface area contributed by atoms with Gasteiger partial charge in [0.05, 0.1) is 0 Å². The Morgan fingerprint density at radius 1 is 1.32 bits per heavy atom. The van der Waals surface area contributed by atoms with Gasteiger partial charge in [-0.15, -0.1) is 0 Å². The van der Waals surface area contributed by atoms with E-state index in [-0.39, 0.29) is 0 Å². The van der Waals surface area contributed by atoms with Crippen molar-refractivity contribution in [2.45, 2.75) is 39.2 Å². The molecule has 0 amide bonds. The minimum Gasteiger partial charge on any atom is -0.492 e. The lowest BCUT2D eigenvalue weighted by Crippen LogP contribution is -2.44. The Hall–Kier alpha value is -1.28. The molecule has 2 nitrogen and oxygen atoms in total. The van der Waals surface area contributed by atoms with E-state index >= 15 is 0 Å². The minimum absolute atomic E-state index is 0.508. The molecular weight excluding hydrogens is 234 g/mol. The summed E-state index contributed by atoms with van der Waals surface area (Å²) in [6, 6.07) is 6.75. The Morgan fingerprint density at radius 2 is 2.05 bits per heavy atom. The van der Waals surface area contributed by atoms with Crippen molar-refractivity contribution >= 4 is 6.08 Å². The fourth-order valence-corrected chi connectivity index (χ4v) is 2.89. The summed E-state index contributed by atoms with van der Waals surface area (Å²) in [6.07, 6.45) is 5.42. The topological polar surface area (TPSA) is 12.5 Å². The maximum absolute atomic E-state index is 5.96. The van der Waals surface area contributed by atoms with E-state index < -0.39 is 0 Å². The number of rotatable bonds is 6. The fraction of sp³-hybridized carbons (Fsp3) is 0.529. The molecule has 1 unspecified atom stereocenters. The van der Waals surface area contributed by atoms with Gasteiger partial charge in [-0.05, 0) is 44.0 Å². The first-order valence-corrected chi connectivity index (χ1v) is 7.41. The van der Waals surface area contributed by atoms with E-state index in [4.69, 9.17) is 4.74 Å². The van der Waals surface area contributed by atoms with Crippen molar-refractivity contribution in [3.8, 4) is 5.75 Å². The van der Waals surface area contributed by atoms with Crippen molar-refractivity contribution in [1.82, 2.24) is 4.90 Å². The van der Waals surface area contributed by atoms with Gasteiger partial charge in [0, 0.05) is 11.6 Å². The zero-order valence-electron chi connectivity index (χ0n) is 12.2. The van der Waals surface area contributed by atoms with Gasteiger partial charge >= 0.3 is 0 Å². The van der Waals surface area contributed by atoms with Gasteiger partial charge in [0.15, 0.2) is 0 Å². The van der Waals surface area contributed by atoms with Gasteiger partial charge in [0.25, 0.3) is 0 Å². The van der Waals surface area contributed by atoms with Crippen LogP contribution >= 0.6 is 0 Å². The molecule has 1 aromatic carbocycles. The van der Waals surface area contributed by atoms with Crippen LogP contribution in [0.5, 0.6) is 5.75 Å². The molecule has 2 rings (SSSR count). The number of hydrogen-bond acceptors (Lipinski definition) is 2. The van der Waals surface area contributed by atoms with Crippen molar-refractivity contribution < 1.29 is 4.74 Å². The highest BCUT2D eigenvalue weighted by Gasteiger charge is 2.25. The van der Waals surface area contributed by atoms with Crippen LogP contribution in [0.25, 0.3) is 6.08 Å². The Bertz CT molecular complexity index is 421. The van der Waals surface area contributed by atoms with Crippen LogP contribution in [0, 0.1) is 0 Å². The maximum atomic E-state index is 5.96. The summed E-state index contributed by atoms with van der Waals surface area (Å²) in [6.45, 7) is 11.5. The lowest BCUT2D eigenvalue weighted by Gasteiger charge is -2.35. The zero-order chi connectivity index (χ0) is 13.7. The number of ether oxygens (including phenoxy) is 1. The largest absolute Gasteiger partial charge is 0.492 e. The van der Waals surface area contributed by atoms with Crippen LogP contribution in [0.3, 0.4) is 0 Å². The van der Waals surface area contributed by atoms with Crippen LogP contribution in [-0.4, -0.2) is 30.6 Å². The summed E-state index contributed by atoms with van der Waals surface area (Å²) in [5.74, 6) is 1.04. The summed E-state index contributed by atoms with van der Waals surface area (Å²) in [4.78, 5) is 2.57. The van der Waals surface area contributed by atoms with Crippen LogP contribution in [0.1, 0.15) is 37.8 Å². The first-order valence-electron chi connectivity index (χ1n) is 7.41. The molecule has 2 heteroatoms. The van der Waals surface area contributed by atoms with E-state index in [9.17, 15) is 0 Å². The Kier molecular flexibility index (Phi) is 5.03. The van der Waals surface area contributed by atoms with Gasteiger partial charge in [-0.2, -0.15) is 0 Å². The van der Waals surface area contributed by atoms with Gasteiger partial charge in [0.1, 0.15) is 12.4 Å². The first-order chi connectivity index (χ1) is 9.30. The van der Waals surface area contributed by atoms with Crippen LogP contribution in [0.4, 0.5) is 0 Å². The van der Waals surface area contributed by atoms with Crippen molar-refractivity contribution in [2.24, 2.45) is 0 Å². The van der Waals surface area contributed by atoms with Crippen LogP contribution < -0.4 is 4.74 Å². The average Bonchev–Trinajstić information content (AvgIpc) is 2.46. The molecule has 0 bridgehead atoms. The van der Waals surface area contributed by atoms with Gasteiger partial charge < -0.3 is 4.74 Å². The second kappa shape index (κ2) is 6.76. The molecule has 1 aromatic rings. The van der Waals surface area contributed by atoms with E-state index in [2.05, 4.69) is 37.5 Å². The molecule has 0 spiro atoms. The molecule has 1 atom stereocenters. The highest BCUT2D eigenvalue weighted by molar-refractivity contribution is 5.57. The molecule has 19 heavy (non-hydrogen) atoms. The van der Waals surface area contributed by atoms with Crippen molar-refractivity contribution in [2.75, 3.05) is 19.7 Å². The lowest BCUT2D eigenvalue weighted by molar-refractivity contribution is 0.119. The monoisotopic (exact) mass is 259 g/mol. The smallest absolute Gasteiger partial charge is 0.123 e. The normalized spacial score (nSPS) is 17.9. The lowest BCUT2D eigenvalue weighted by atomic mass is 9.96. The standard InChI is InChI=1S/C17H25NO/c1-4-10-18(11-5-2)15-12-16-14(6-3)8-7-9-17(16)19-13-15/h6-9,15H,3-5,10-13H2,1-2H3. The maximum Gasteiger partial charge on any atom is 0.123 e. The van der Waals surface area contributed by atoms with Crippen LogP contribution in [0.2, 0.25) is 0 Å². The summed E-state index contributed by atoms with van der Waals surface area (Å²) >= 11 is 0. The third kappa shape index (κ3) is 3.19. The molecule has 0 radical (unpaired) electrons. The van der Waals surface area contributed by atoms with E-state index in [0.717, 1.165) is 31.9 Å². The second-order valence-corrected chi connectivity index (χ2v) is 5.23. The zero-order valence-corrected chi connectivity index (χ0v) is 12.2. The molecule has 104 valence electrons. The predicted octanol–water partition coefficient (Wildman–Crippen LogP) is 3.76. The molecule has 0 N–H and O–H groups in total. The van der Waals surface area contributed by atoms with Crippen LogP contribution in [0.15, 0.2) is 24.8 Å². The molecule has 0 aliphatic carbocycles. The van der Waals surface area contributed by atoms with Crippen molar-refractivity contribution in [3.63, 3.8) is 0 Å². The van der Waals surface area contributed by atoms with Gasteiger partial charge in [-0.25, -0.2) is 0 Å². The molecular formula is C17H25NO. The van der Waals surface area contributed by atoms with Gasteiger partial charge in [-0.3, -0.25) is 4.90 Å². The average molecular weight is 259 g/mol. The van der Waals surface area contributed by atoms with Gasteiger partial charge in [-0.1, -0.05) is 38.6 Å². The third-order valence-electron chi connectivity index (χ3n) is 3.80. The number of hydrogen-bond donors (Lipinski definition) is 0. The molecule has 0 aromatic heterocycles. The molecule has 0 saturated heterocycles. The highest BCUT2D eigenvalue weighted by Crippen LogP contribution is 2.30. The molecule has 0 fully saturated rings. The van der Waals surface area contributed by atoms with Gasteiger partial charge in [0.2, 0.25) is 0 Å². The fourth-order valence-electron chi connectivity index (χ4n) is 2.89. The quantitative estimate of drug-likeness (QED) is 0.771. The molecule has 1 aliphatic heterocycles. The summed E-state index contributed by atoms with van der Waals surface area (Å²) < 4.78 is 5.96. The predicted molar refractivity (Wildman–Crippen MR) is 81.7 cm³/mol. The second-order valence-electron chi connectivity index (χ2n) is 5.23. The SMILES string of the molecule is C=Cc1cccc2c1CC(N(CCC)CCC)CO2. The van der Waals surface area contributed by atoms with E-state index in [1.807, 2.05) is 12.1 Å². The molecule has 1 heterocycles. The highest BCUT2D eigenvalue weighted by atomic mass is 16.5. The summed E-state index contributed by atoms with van der Waals surface area (Å²) in [5, 5.41) is 0. The van der Waals surface area contributed by atoms with E-state index in [0.29, 0.717) is 6.04 Å². The molecule has 0 saturated carbocycles. The van der Waals surface area contributed by atoms with E-state index in [1.54, 1.807) is 0 Å². The number of benzene rings is 1. The number of nitrogens with zero attached hydrogens (tertiary/aromatic N) is 1. The Balaban J connectivity index is 2.17. The van der Waals surface area contributed by atoms with Crippen molar-refractivity contribution in [1.29, 1.82) is 0 Å². The number of fused-ring (bicyclic) bond motifs is 1. The summed E-state index contributed by atoms with van der Waals surface area (Å²) in [7, 11) is 0. The Morgan fingerprint density at radius 3 is 2.68 bits per heavy atom. The summed E-state index contributed by atoms with van der Waals surface area (Å²) in [5.41, 5.74) is 2.54. The van der Waals surface area contributed by atoms with Crippen LogP contribution in [-0.2, 0) is 6.42 Å². The Labute approximate surface area is 117 Å². The molecule has 1 aliphatic rings. The van der Waals surface area contributed by atoms with E-state index in [1.165, 1.54) is 24.0 Å². The van der Waals surface area contributed by atoms with Crippen molar-refractivity contribution in [3.05, 3.63) is 35.9 Å². The first kappa shape index (κ1) is 14.1.